The summed E-state index contributed by atoms with van der Waals surface area (Å²) in [6.45, 7) is 2.14. The maximum absolute atomic E-state index is 13.0. The Bertz CT molecular complexity index is 750. The molecule has 136 valence electrons. The molecule has 2 fully saturated rings. The summed E-state index contributed by atoms with van der Waals surface area (Å²) >= 11 is 0. The van der Waals surface area contributed by atoms with Gasteiger partial charge in [-0.2, -0.15) is 0 Å². The Morgan fingerprint density at radius 1 is 1.15 bits per heavy atom. The zero-order chi connectivity index (χ0) is 17.8. The van der Waals surface area contributed by atoms with E-state index in [9.17, 15) is 4.79 Å². The van der Waals surface area contributed by atoms with Gasteiger partial charge in [0, 0.05) is 44.3 Å². The third-order valence-electron chi connectivity index (χ3n) is 4.93. The van der Waals surface area contributed by atoms with Gasteiger partial charge in [0.2, 0.25) is 11.9 Å². The quantitative estimate of drug-likeness (QED) is 0.898. The van der Waals surface area contributed by atoms with Crippen LogP contribution in [0.5, 0.6) is 0 Å². The van der Waals surface area contributed by atoms with E-state index < -0.39 is 0 Å². The number of nitrogens with one attached hydrogen (secondary N) is 1. The molecule has 8 heteroatoms. The lowest BCUT2D eigenvalue weighted by molar-refractivity contribution is -0.139. The van der Waals surface area contributed by atoms with Crippen LogP contribution < -0.4 is 5.32 Å². The fraction of sp³-hybridized carbons (Fsp3) is 0.500. The van der Waals surface area contributed by atoms with E-state index in [2.05, 4.69) is 25.3 Å². The lowest BCUT2D eigenvalue weighted by Gasteiger charge is -2.30. The second kappa shape index (κ2) is 7.74. The zero-order valence-corrected chi connectivity index (χ0v) is 14.5. The van der Waals surface area contributed by atoms with Crippen LogP contribution in [0.3, 0.4) is 0 Å². The standard InChI is InChI=1S/C18H22N6O2/c25-17(13-4-10-26-11-5-13)24-9-1-2-15(24)14-3-6-21-18(22-14)23-16-12-19-7-8-20-16/h3,6-8,12-13,15H,1-2,4-5,9-11H2,(H,20,21,22,23)/t15-/m1/s1. The van der Waals surface area contributed by atoms with Crippen molar-refractivity contribution in [1.29, 1.82) is 0 Å². The molecule has 0 aromatic carbocycles. The van der Waals surface area contributed by atoms with Crippen LogP contribution in [0, 0.1) is 5.92 Å². The van der Waals surface area contributed by atoms with Crippen molar-refractivity contribution in [2.75, 3.05) is 25.1 Å². The second-order valence-electron chi connectivity index (χ2n) is 6.60. The van der Waals surface area contributed by atoms with Crippen molar-refractivity contribution in [1.82, 2.24) is 24.8 Å². The number of hydrogen-bond donors (Lipinski definition) is 1. The summed E-state index contributed by atoms with van der Waals surface area (Å²) in [4.78, 5) is 32.0. The molecule has 0 saturated carbocycles. The fourth-order valence-electron chi connectivity index (χ4n) is 3.61. The summed E-state index contributed by atoms with van der Waals surface area (Å²) in [6.07, 6.45) is 10.1. The molecule has 2 aromatic rings. The summed E-state index contributed by atoms with van der Waals surface area (Å²) in [5.41, 5.74) is 0.865. The molecular weight excluding hydrogens is 332 g/mol. The molecule has 4 rings (SSSR count). The van der Waals surface area contributed by atoms with Gasteiger partial charge in [-0.1, -0.05) is 0 Å². The van der Waals surface area contributed by atoms with Gasteiger partial charge in [0.15, 0.2) is 5.82 Å². The second-order valence-corrected chi connectivity index (χ2v) is 6.60. The van der Waals surface area contributed by atoms with Crippen LogP contribution in [0.25, 0.3) is 0 Å². The van der Waals surface area contributed by atoms with Crippen LogP contribution in [-0.2, 0) is 9.53 Å². The fourth-order valence-corrected chi connectivity index (χ4v) is 3.61. The molecule has 2 aromatic heterocycles. The van der Waals surface area contributed by atoms with Crippen molar-refractivity contribution in [3.8, 4) is 0 Å². The number of hydrogen-bond acceptors (Lipinski definition) is 7. The minimum atomic E-state index is 0.00996. The van der Waals surface area contributed by atoms with Crippen LogP contribution in [0.2, 0.25) is 0 Å². The summed E-state index contributed by atoms with van der Waals surface area (Å²) in [5.74, 6) is 1.36. The van der Waals surface area contributed by atoms with E-state index in [4.69, 9.17) is 4.74 Å². The number of nitrogens with zero attached hydrogens (tertiary/aromatic N) is 5. The third kappa shape index (κ3) is 3.65. The summed E-state index contributed by atoms with van der Waals surface area (Å²) < 4.78 is 5.39. The molecule has 1 atom stereocenters. The zero-order valence-electron chi connectivity index (χ0n) is 14.5. The maximum atomic E-state index is 13.0. The van der Waals surface area contributed by atoms with Crippen molar-refractivity contribution >= 4 is 17.7 Å². The summed E-state index contributed by atoms with van der Waals surface area (Å²) in [7, 11) is 0. The first kappa shape index (κ1) is 16.8. The first-order chi connectivity index (χ1) is 12.8. The highest BCUT2D eigenvalue weighted by Gasteiger charge is 2.35. The van der Waals surface area contributed by atoms with Gasteiger partial charge in [-0.05, 0) is 31.7 Å². The number of likely N-dealkylation sites (tertiary alicyclic amines) is 1. The third-order valence-corrected chi connectivity index (χ3v) is 4.93. The van der Waals surface area contributed by atoms with Gasteiger partial charge in [0.05, 0.1) is 17.9 Å². The molecule has 0 aliphatic carbocycles. The lowest BCUT2D eigenvalue weighted by Crippen LogP contribution is -2.38. The number of aromatic nitrogens is 4. The predicted octanol–water partition coefficient (Wildman–Crippen LogP) is 2.10. The maximum Gasteiger partial charge on any atom is 0.228 e. The van der Waals surface area contributed by atoms with E-state index in [0.29, 0.717) is 25.0 Å². The number of ether oxygens (including phenoxy) is 1. The molecule has 2 aliphatic heterocycles. The van der Waals surface area contributed by atoms with Gasteiger partial charge in [0.1, 0.15) is 0 Å². The van der Waals surface area contributed by atoms with Gasteiger partial charge < -0.3 is 15.0 Å². The Labute approximate surface area is 152 Å². The van der Waals surface area contributed by atoms with Crippen LogP contribution in [0.1, 0.15) is 37.4 Å². The van der Waals surface area contributed by atoms with E-state index in [1.165, 1.54) is 0 Å². The van der Waals surface area contributed by atoms with Crippen molar-refractivity contribution in [2.45, 2.75) is 31.7 Å². The van der Waals surface area contributed by atoms with E-state index in [-0.39, 0.29) is 17.9 Å². The van der Waals surface area contributed by atoms with Crippen molar-refractivity contribution in [3.63, 3.8) is 0 Å². The monoisotopic (exact) mass is 354 g/mol. The van der Waals surface area contributed by atoms with Gasteiger partial charge in [-0.15, -0.1) is 0 Å². The number of amides is 1. The lowest BCUT2D eigenvalue weighted by atomic mass is 9.98. The average Bonchev–Trinajstić information content (AvgIpc) is 3.19. The largest absolute Gasteiger partial charge is 0.381 e. The molecule has 0 bridgehead atoms. The highest BCUT2D eigenvalue weighted by atomic mass is 16.5. The van der Waals surface area contributed by atoms with Crippen LogP contribution in [-0.4, -0.2) is 50.5 Å². The summed E-state index contributed by atoms with van der Waals surface area (Å²) in [5, 5.41) is 3.06. The number of carbonyl (C=O) groups is 1. The molecule has 2 saturated heterocycles. The number of anilines is 2. The molecule has 1 amide bonds. The van der Waals surface area contributed by atoms with E-state index in [0.717, 1.165) is 37.9 Å². The SMILES string of the molecule is O=C(C1CCOCC1)N1CCC[C@@H]1c1ccnc(Nc2cnccn2)n1. The molecule has 0 radical (unpaired) electrons. The van der Waals surface area contributed by atoms with Gasteiger partial charge >= 0.3 is 0 Å². The molecular formula is C18H22N6O2. The van der Waals surface area contributed by atoms with Crippen LogP contribution >= 0.6 is 0 Å². The Hall–Kier alpha value is -2.61. The Morgan fingerprint density at radius 3 is 2.85 bits per heavy atom. The van der Waals surface area contributed by atoms with Crippen LogP contribution in [0.15, 0.2) is 30.9 Å². The summed E-state index contributed by atoms with van der Waals surface area (Å²) in [6, 6.07) is 1.90. The molecule has 0 unspecified atom stereocenters. The Kier molecular flexibility index (Phi) is 5.01. The Morgan fingerprint density at radius 2 is 2.04 bits per heavy atom. The highest BCUT2D eigenvalue weighted by Crippen LogP contribution is 2.33. The van der Waals surface area contributed by atoms with E-state index in [1.54, 1.807) is 24.8 Å². The highest BCUT2D eigenvalue weighted by molar-refractivity contribution is 5.79. The Balaban J connectivity index is 1.50. The van der Waals surface area contributed by atoms with Crippen molar-refractivity contribution in [2.24, 2.45) is 5.92 Å². The van der Waals surface area contributed by atoms with Crippen molar-refractivity contribution in [3.05, 3.63) is 36.5 Å². The van der Waals surface area contributed by atoms with Gasteiger partial charge in [-0.3, -0.25) is 9.78 Å². The first-order valence-electron chi connectivity index (χ1n) is 9.05. The minimum Gasteiger partial charge on any atom is -0.381 e. The van der Waals surface area contributed by atoms with Crippen LogP contribution in [0.4, 0.5) is 11.8 Å². The molecule has 8 nitrogen and oxygen atoms in total. The number of rotatable bonds is 4. The normalized spacial score (nSPS) is 20.9. The topological polar surface area (TPSA) is 93.1 Å². The minimum absolute atomic E-state index is 0.00996. The number of carbonyl (C=O) groups excluding carboxylic acids is 1. The predicted molar refractivity (Wildman–Crippen MR) is 94.6 cm³/mol. The average molecular weight is 354 g/mol. The molecule has 0 spiro atoms. The van der Waals surface area contributed by atoms with Crippen molar-refractivity contribution < 1.29 is 9.53 Å². The van der Waals surface area contributed by atoms with Gasteiger partial charge in [0.25, 0.3) is 0 Å². The molecule has 26 heavy (non-hydrogen) atoms. The van der Waals surface area contributed by atoms with E-state index >= 15 is 0 Å². The van der Waals surface area contributed by atoms with Gasteiger partial charge in [-0.25, -0.2) is 15.0 Å². The molecule has 2 aliphatic rings. The smallest absolute Gasteiger partial charge is 0.228 e. The molecule has 1 N–H and O–H groups in total. The van der Waals surface area contributed by atoms with E-state index in [1.807, 2.05) is 11.0 Å². The molecule has 4 heterocycles. The first-order valence-corrected chi connectivity index (χ1v) is 9.05.